The Morgan fingerprint density at radius 3 is 1.32 bits per heavy atom. The minimum atomic E-state index is -0.993. The second-order valence-corrected chi connectivity index (χ2v) is 7.32. The summed E-state index contributed by atoms with van der Waals surface area (Å²) in [5.74, 6) is -1.05. The number of aryl methyl sites for hydroxylation is 2. The summed E-state index contributed by atoms with van der Waals surface area (Å²) in [6.45, 7) is 4.31. The van der Waals surface area contributed by atoms with Gasteiger partial charge in [-0.05, 0) is 36.8 Å². The minimum absolute atomic E-state index is 0.527. The van der Waals surface area contributed by atoms with Gasteiger partial charge in [0.05, 0.1) is 0 Å². The van der Waals surface area contributed by atoms with Crippen molar-refractivity contribution in [3.8, 4) is 0 Å². The molecule has 0 spiro atoms. The van der Waals surface area contributed by atoms with E-state index >= 15 is 0 Å². The van der Waals surface area contributed by atoms with Gasteiger partial charge in [-0.1, -0.05) is 75.2 Å². The molecule has 0 bridgehead atoms. The van der Waals surface area contributed by atoms with E-state index in [9.17, 15) is 9.59 Å². The summed E-state index contributed by atoms with van der Waals surface area (Å²) >= 11 is 0. The third kappa shape index (κ3) is 4.80. The first kappa shape index (κ1) is 20.1. The van der Waals surface area contributed by atoms with E-state index in [1.54, 1.807) is 0 Å². The van der Waals surface area contributed by atoms with Crippen molar-refractivity contribution in [3.05, 3.63) is 70.8 Å². The highest BCUT2D eigenvalue weighted by atomic mass is 16.6. The molecule has 0 saturated carbocycles. The molecule has 2 unspecified atom stereocenters. The molecule has 0 amide bonds. The van der Waals surface area contributed by atoms with E-state index in [4.69, 9.17) is 9.47 Å². The average Bonchev–Trinajstić information content (AvgIpc) is 2.73. The van der Waals surface area contributed by atoms with E-state index in [0.29, 0.717) is 11.1 Å². The summed E-state index contributed by atoms with van der Waals surface area (Å²) in [6, 6.07) is 15.3. The molecule has 148 valence electrons. The van der Waals surface area contributed by atoms with E-state index in [-0.39, 0.29) is 0 Å². The van der Waals surface area contributed by atoms with Gasteiger partial charge in [0, 0.05) is 11.1 Å². The van der Waals surface area contributed by atoms with Gasteiger partial charge < -0.3 is 9.47 Å². The van der Waals surface area contributed by atoms with Crippen LogP contribution < -0.4 is 0 Å². The number of esters is 2. The summed E-state index contributed by atoms with van der Waals surface area (Å²) in [5.41, 5.74) is 3.71. The van der Waals surface area contributed by atoms with Crippen LogP contribution in [0.4, 0.5) is 0 Å². The fourth-order valence-electron chi connectivity index (χ4n) is 3.34. The fourth-order valence-corrected chi connectivity index (χ4v) is 3.34. The van der Waals surface area contributed by atoms with Crippen LogP contribution in [0.1, 0.15) is 74.0 Å². The van der Waals surface area contributed by atoms with E-state index in [1.165, 1.54) is 11.1 Å². The van der Waals surface area contributed by atoms with Gasteiger partial charge in [0.25, 0.3) is 0 Å². The predicted octanol–water partition coefficient (Wildman–Crippen LogP) is 5.25. The molecule has 1 heterocycles. The van der Waals surface area contributed by atoms with Crippen LogP contribution in [0.15, 0.2) is 48.5 Å². The summed E-state index contributed by atoms with van der Waals surface area (Å²) in [6.07, 6.45) is 4.53. The lowest BCUT2D eigenvalue weighted by Crippen LogP contribution is -2.34. The monoisotopic (exact) mass is 380 g/mol. The number of benzene rings is 2. The van der Waals surface area contributed by atoms with Crippen LogP contribution >= 0.6 is 0 Å². The molecule has 1 saturated heterocycles. The molecule has 4 nitrogen and oxygen atoms in total. The third-order valence-corrected chi connectivity index (χ3v) is 5.10. The summed E-state index contributed by atoms with van der Waals surface area (Å²) in [7, 11) is 0. The van der Waals surface area contributed by atoms with Crippen molar-refractivity contribution in [2.75, 3.05) is 0 Å². The van der Waals surface area contributed by atoms with Crippen molar-refractivity contribution < 1.29 is 19.1 Å². The lowest BCUT2D eigenvalue weighted by Gasteiger charge is -2.28. The van der Waals surface area contributed by atoms with E-state index in [1.807, 2.05) is 48.5 Å². The molecule has 1 aliphatic rings. The molecule has 1 aliphatic heterocycles. The Bertz CT molecular complexity index is 723. The first-order chi connectivity index (χ1) is 13.6. The predicted molar refractivity (Wildman–Crippen MR) is 108 cm³/mol. The van der Waals surface area contributed by atoms with Gasteiger partial charge >= 0.3 is 11.9 Å². The molecular formula is C24H28O4. The molecule has 1 fully saturated rings. The molecule has 2 atom stereocenters. The van der Waals surface area contributed by atoms with Crippen LogP contribution in [0.2, 0.25) is 0 Å². The minimum Gasteiger partial charge on any atom is -0.442 e. The zero-order chi connectivity index (χ0) is 19.9. The lowest BCUT2D eigenvalue weighted by atomic mass is 10.0. The molecule has 0 N–H and O–H groups in total. The number of hydrogen-bond acceptors (Lipinski definition) is 4. The second-order valence-electron chi connectivity index (χ2n) is 7.32. The maximum atomic E-state index is 12.5. The topological polar surface area (TPSA) is 52.6 Å². The Morgan fingerprint density at radius 1 is 0.643 bits per heavy atom. The van der Waals surface area contributed by atoms with E-state index in [2.05, 4.69) is 13.8 Å². The zero-order valence-electron chi connectivity index (χ0n) is 16.6. The van der Waals surface area contributed by atoms with Crippen molar-refractivity contribution in [3.63, 3.8) is 0 Å². The fraction of sp³-hybridized carbons (Fsp3) is 0.417. The third-order valence-electron chi connectivity index (χ3n) is 5.10. The average molecular weight is 380 g/mol. The van der Waals surface area contributed by atoms with Crippen molar-refractivity contribution in [1.82, 2.24) is 0 Å². The Morgan fingerprint density at radius 2 is 1.00 bits per heavy atom. The summed E-state index contributed by atoms with van der Waals surface area (Å²) in [4.78, 5) is 25.0. The Hall–Kier alpha value is -2.62. The van der Waals surface area contributed by atoms with Gasteiger partial charge in [0.2, 0.25) is 12.2 Å². The van der Waals surface area contributed by atoms with Gasteiger partial charge in [-0.15, -0.1) is 0 Å². The van der Waals surface area contributed by atoms with Crippen LogP contribution in [-0.4, -0.2) is 11.9 Å². The highest BCUT2D eigenvalue weighted by molar-refractivity contribution is 5.89. The van der Waals surface area contributed by atoms with Gasteiger partial charge in [0.1, 0.15) is 0 Å². The number of hydrogen-bond donors (Lipinski definition) is 0. The normalized spacial score (nSPS) is 19.2. The van der Waals surface area contributed by atoms with Crippen LogP contribution in [-0.2, 0) is 31.9 Å². The maximum Gasteiger partial charge on any atom is 0.353 e. The van der Waals surface area contributed by atoms with Crippen molar-refractivity contribution in [2.24, 2.45) is 0 Å². The molecular weight excluding hydrogens is 352 g/mol. The summed E-state index contributed by atoms with van der Waals surface area (Å²) in [5, 5.41) is 0. The molecule has 0 aromatic heterocycles. The van der Waals surface area contributed by atoms with Crippen molar-refractivity contribution in [2.45, 2.75) is 64.6 Å². The molecule has 2 aromatic rings. The second kappa shape index (κ2) is 9.54. The Balaban J connectivity index is 1.66. The molecule has 0 aliphatic carbocycles. The SMILES string of the molecule is CCCCc1ccc(C2OC(=O)C(c3ccc(CCCC)cc3)OC2=O)cc1. The number of cyclic esters (lactones) is 2. The summed E-state index contributed by atoms with van der Waals surface area (Å²) < 4.78 is 10.9. The Labute approximate surface area is 166 Å². The van der Waals surface area contributed by atoms with Crippen molar-refractivity contribution >= 4 is 11.9 Å². The first-order valence-electron chi connectivity index (χ1n) is 10.2. The largest absolute Gasteiger partial charge is 0.442 e. The smallest absolute Gasteiger partial charge is 0.353 e. The van der Waals surface area contributed by atoms with Crippen LogP contribution in [0.5, 0.6) is 0 Å². The number of ether oxygens (including phenoxy) is 2. The molecule has 4 heteroatoms. The molecule has 2 aromatic carbocycles. The van der Waals surface area contributed by atoms with Crippen molar-refractivity contribution in [1.29, 1.82) is 0 Å². The first-order valence-corrected chi connectivity index (χ1v) is 10.2. The Kier molecular flexibility index (Phi) is 6.85. The zero-order valence-corrected chi connectivity index (χ0v) is 16.6. The molecule has 3 rings (SSSR count). The van der Waals surface area contributed by atoms with E-state index < -0.39 is 24.1 Å². The van der Waals surface area contributed by atoms with Gasteiger partial charge in [-0.25, -0.2) is 9.59 Å². The van der Waals surface area contributed by atoms with Gasteiger partial charge in [0.15, 0.2) is 0 Å². The van der Waals surface area contributed by atoms with Gasteiger partial charge in [-0.3, -0.25) is 0 Å². The lowest BCUT2D eigenvalue weighted by molar-refractivity contribution is -0.196. The number of carbonyl (C=O) groups excluding carboxylic acids is 2. The molecule has 28 heavy (non-hydrogen) atoms. The number of unbranched alkanes of at least 4 members (excludes halogenated alkanes) is 2. The van der Waals surface area contributed by atoms with E-state index in [0.717, 1.165) is 38.5 Å². The number of carbonyl (C=O) groups is 2. The van der Waals surface area contributed by atoms with Crippen LogP contribution in [0, 0.1) is 0 Å². The van der Waals surface area contributed by atoms with Crippen LogP contribution in [0.3, 0.4) is 0 Å². The highest BCUT2D eigenvalue weighted by Gasteiger charge is 2.40. The molecule has 0 radical (unpaired) electrons. The van der Waals surface area contributed by atoms with Crippen LogP contribution in [0.25, 0.3) is 0 Å². The standard InChI is InChI=1S/C24H28O4/c1-3-5-7-17-9-13-19(14-10-17)21-23(25)28-22(24(26)27-21)20-15-11-18(12-16-20)8-6-4-2/h9-16,21-22H,3-8H2,1-2H3. The number of rotatable bonds is 8. The highest BCUT2D eigenvalue weighted by Crippen LogP contribution is 2.32. The maximum absolute atomic E-state index is 12.5. The van der Waals surface area contributed by atoms with Gasteiger partial charge in [-0.2, -0.15) is 0 Å². The quantitative estimate of drug-likeness (QED) is 0.587.